The van der Waals surface area contributed by atoms with Crippen LogP contribution in [0, 0.1) is 5.41 Å². The number of hydrogen-bond donors (Lipinski definition) is 1. The van der Waals surface area contributed by atoms with Gasteiger partial charge in [0, 0.05) is 30.1 Å². The zero-order valence-electron chi connectivity index (χ0n) is 22.0. The van der Waals surface area contributed by atoms with Crippen LogP contribution in [0.2, 0.25) is 0 Å². The summed E-state index contributed by atoms with van der Waals surface area (Å²) in [5.41, 5.74) is 4.54. The summed E-state index contributed by atoms with van der Waals surface area (Å²) in [6.45, 7) is 3.72. The van der Waals surface area contributed by atoms with E-state index in [-0.39, 0.29) is 15.7 Å². The summed E-state index contributed by atoms with van der Waals surface area (Å²) < 4.78 is 26.7. The standard InChI is InChI=1S/C32H27N3O3S2/c1-32(2,29-25-7-3-5-9-27(25)40(37,38)28-10-6-4-8-26(28)29)30(36)35-31-34-24(20-39-31)19-21-11-13-22(14-12-21)23-15-17-33-18-16-23/h3-18,20,29H,19H2,1-2H3,(H,34,35,36). The number of benzene rings is 3. The molecule has 0 aliphatic carbocycles. The molecule has 1 aliphatic rings. The molecule has 5 aromatic rings. The van der Waals surface area contributed by atoms with Crippen molar-refractivity contribution in [2.75, 3.05) is 5.32 Å². The largest absolute Gasteiger partial charge is 0.301 e. The highest BCUT2D eigenvalue weighted by molar-refractivity contribution is 7.91. The summed E-state index contributed by atoms with van der Waals surface area (Å²) in [7, 11) is -3.67. The number of thiazole rings is 1. The number of aromatic nitrogens is 2. The van der Waals surface area contributed by atoms with E-state index in [0.717, 1.165) is 22.4 Å². The SMILES string of the molecule is CC(C)(C(=O)Nc1nc(Cc2ccc(-c3ccncc3)cc2)cs1)C1c2ccccc2S(=O)(=O)c2ccccc21. The molecule has 0 spiro atoms. The number of hydrogen-bond acceptors (Lipinski definition) is 6. The average molecular weight is 566 g/mol. The molecule has 3 aromatic carbocycles. The van der Waals surface area contributed by atoms with Crippen LogP contribution in [0.5, 0.6) is 0 Å². The Hall–Kier alpha value is -4.14. The predicted octanol–water partition coefficient (Wildman–Crippen LogP) is 6.74. The highest BCUT2D eigenvalue weighted by Gasteiger charge is 2.46. The summed E-state index contributed by atoms with van der Waals surface area (Å²) >= 11 is 1.38. The molecule has 0 radical (unpaired) electrons. The van der Waals surface area contributed by atoms with Crippen LogP contribution in [0.25, 0.3) is 11.1 Å². The van der Waals surface area contributed by atoms with Gasteiger partial charge in [0.2, 0.25) is 15.7 Å². The highest BCUT2D eigenvalue weighted by atomic mass is 32.2. The van der Waals surface area contributed by atoms with E-state index in [0.29, 0.717) is 22.7 Å². The zero-order chi connectivity index (χ0) is 27.9. The lowest BCUT2D eigenvalue weighted by Gasteiger charge is -2.38. The number of rotatable bonds is 6. The van der Waals surface area contributed by atoms with Crippen molar-refractivity contribution in [2.45, 2.75) is 36.0 Å². The molecule has 2 aromatic heterocycles. The first-order chi connectivity index (χ1) is 19.2. The normalized spacial score (nSPS) is 14.2. The van der Waals surface area contributed by atoms with Crippen LogP contribution in [0.3, 0.4) is 0 Å². The molecule has 200 valence electrons. The van der Waals surface area contributed by atoms with Crippen molar-refractivity contribution in [3.05, 3.63) is 125 Å². The van der Waals surface area contributed by atoms with Crippen molar-refractivity contribution < 1.29 is 13.2 Å². The Kier molecular flexibility index (Phi) is 6.60. The Bertz CT molecular complexity index is 1760. The summed E-state index contributed by atoms with van der Waals surface area (Å²) in [6, 6.07) is 26.3. The fraction of sp³-hybridized carbons (Fsp3) is 0.156. The highest BCUT2D eigenvalue weighted by Crippen LogP contribution is 2.50. The van der Waals surface area contributed by atoms with Crippen LogP contribution in [0.15, 0.2) is 112 Å². The molecular formula is C32H27N3O3S2. The van der Waals surface area contributed by atoms with Gasteiger partial charge in [-0.2, -0.15) is 0 Å². The number of pyridine rings is 1. The van der Waals surface area contributed by atoms with Gasteiger partial charge in [0.1, 0.15) is 0 Å². The molecular weight excluding hydrogens is 539 g/mol. The Morgan fingerprint density at radius 1 is 0.850 bits per heavy atom. The molecule has 8 heteroatoms. The maximum absolute atomic E-state index is 13.8. The smallest absolute Gasteiger partial charge is 0.232 e. The number of carbonyl (C=O) groups is 1. The van der Waals surface area contributed by atoms with E-state index in [1.165, 1.54) is 11.3 Å². The molecule has 0 saturated heterocycles. The van der Waals surface area contributed by atoms with Crippen molar-refractivity contribution in [1.82, 2.24) is 9.97 Å². The van der Waals surface area contributed by atoms with Crippen LogP contribution in [0.4, 0.5) is 5.13 Å². The van der Waals surface area contributed by atoms with Crippen LogP contribution < -0.4 is 5.32 Å². The van der Waals surface area contributed by atoms with Crippen molar-refractivity contribution in [2.24, 2.45) is 5.41 Å². The average Bonchev–Trinajstić information content (AvgIpc) is 3.40. The molecule has 0 saturated carbocycles. The van der Waals surface area contributed by atoms with Gasteiger partial charge in [0.25, 0.3) is 0 Å². The van der Waals surface area contributed by atoms with Crippen LogP contribution in [0.1, 0.15) is 42.1 Å². The minimum atomic E-state index is -3.67. The second-order valence-electron chi connectivity index (χ2n) is 10.4. The van der Waals surface area contributed by atoms with Crippen LogP contribution in [-0.4, -0.2) is 24.3 Å². The lowest BCUT2D eigenvalue weighted by atomic mass is 9.70. The summed E-state index contributed by atoms with van der Waals surface area (Å²) in [5, 5.41) is 5.49. The van der Waals surface area contributed by atoms with Crippen molar-refractivity contribution in [1.29, 1.82) is 0 Å². The van der Waals surface area contributed by atoms with E-state index < -0.39 is 21.2 Å². The van der Waals surface area contributed by atoms with Gasteiger partial charge in [-0.1, -0.05) is 74.5 Å². The lowest BCUT2D eigenvalue weighted by Crippen LogP contribution is -2.39. The van der Waals surface area contributed by atoms with E-state index in [9.17, 15) is 13.2 Å². The lowest BCUT2D eigenvalue weighted by molar-refractivity contribution is -0.124. The Morgan fingerprint density at radius 3 is 2.05 bits per heavy atom. The fourth-order valence-electron chi connectivity index (χ4n) is 5.39. The van der Waals surface area contributed by atoms with E-state index in [1.807, 2.05) is 55.6 Å². The molecule has 0 unspecified atom stereocenters. The van der Waals surface area contributed by atoms with E-state index in [1.54, 1.807) is 36.7 Å². The minimum Gasteiger partial charge on any atom is -0.301 e. The number of amides is 1. The topological polar surface area (TPSA) is 89.0 Å². The first-order valence-corrected chi connectivity index (χ1v) is 15.3. The molecule has 6 rings (SSSR count). The van der Waals surface area contributed by atoms with Gasteiger partial charge in [0.15, 0.2) is 5.13 Å². The maximum Gasteiger partial charge on any atom is 0.232 e. The Morgan fingerprint density at radius 2 is 1.43 bits per heavy atom. The number of sulfone groups is 1. The molecule has 40 heavy (non-hydrogen) atoms. The first-order valence-electron chi connectivity index (χ1n) is 12.9. The van der Waals surface area contributed by atoms with Gasteiger partial charge in [0.05, 0.1) is 20.9 Å². The van der Waals surface area contributed by atoms with Crippen LogP contribution in [-0.2, 0) is 21.1 Å². The minimum absolute atomic E-state index is 0.219. The van der Waals surface area contributed by atoms with E-state index in [2.05, 4.69) is 39.6 Å². The van der Waals surface area contributed by atoms with Crippen molar-refractivity contribution in [3.8, 4) is 11.1 Å². The predicted molar refractivity (Wildman–Crippen MR) is 157 cm³/mol. The van der Waals surface area contributed by atoms with Gasteiger partial charge in [-0.3, -0.25) is 9.78 Å². The Labute approximate surface area is 237 Å². The zero-order valence-corrected chi connectivity index (χ0v) is 23.7. The third-order valence-electron chi connectivity index (χ3n) is 7.47. The van der Waals surface area contributed by atoms with E-state index in [4.69, 9.17) is 0 Å². The third-order valence-corrected chi connectivity index (χ3v) is 10.2. The van der Waals surface area contributed by atoms with Gasteiger partial charge in [-0.25, -0.2) is 13.4 Å². The van der Waals surface area contributed by atoms with Gasteiger partial charge >= 0.3 is 0 Å². The summed E-state index contributed by atoms with van der Waals surface area (Å²) in [4.78, 5) is 23.0. The van der Waals surface area contributed by atoms with E-state index >= 15 is 0 Å². The molecule has 3 heterocycles. The second-order valence-corrected chi connectivity index (χ2v) is 13.2. The second kappa shape index (κ2) is 10.1. The third kappa shape index (κ3) is 4.63. The number of nitrogens with zero attached hydrogens (tertiary/aromatic N) is 2. The summed E-state index contributed by atoms with van der Waals surface area (Å²) in [5.74, 6) is -0.661. The quantitative estimate of drug-likeness (QED) is 0.246. The summed E-state index contributed by atoms with van der Waals surface area (Å²) in [6.07, 6.45) is 4.21. The first kappa shape index (κ1) is 26.1. The van der Waals surface area contributed by atoms with Gasteiger partial charge in [-0.15, -0.1) is 11.3 Å². The Balaban J connectivity index is 1.22. The maximum atomic E-state index is 13.8. The molecule has 0 fully saturated rings. The molecule has 1 amide bonds. The molecule has 0 bridgehead atoms. The molecule has 6 nitrogen and oxygen atoms in total. The van der Waals surface area contributed by atoms with Crippen molar-refractivity contribution >= 4 is 32.2 Å². The molecule has 1 aliphatic heterocycles. The van der Waals surface area contributed by atoms with Gasteiger partial charge in [-0.05, 0) is 52.1 Å². The number of carbonyl (C=O) groups excluding carboxylic acids is 1. The van der Waals surface area contributed by atoms with Crippen LogP contribution >= 0.6 is 11.3 Å². The molecule has 0 atom stereocenters. The monoisotopic (exact) mass is 565 g/mol. The number of fused-ring (bicyclic) bond motifs is 2. The fourth-order valence-corrected chi connectivity index (χ4v) is 7.84. The molecule has 1 N–H and O–H groups in total. The van der Waals surface area contributed by atoms with Crippen molar-refractivity contribution in [3.63, 3.8) is 0 Å². The number of nitrogens with one attached hydrogen (secondary N) is 1. The van der Waals surface area contributed by atoms with Gasteiger partial charge < -0.3 is 5.32 Å². The number of anilines is 1.